The van der Waals surface area contributed by atoms with Crippen LogP contribution in [0.4, 0.5) is 17.1 Å². The number of anilines is 3. The number of nitrogens with zero attached hydrogens (tertiary/aromatic N) is 1. The minimum absolute atomic E-state index is 0.291. The summed E-state index contributed by atoms with van der Waals surface area (Å²) < 4.78 is 25.9. The molecule has 0 N–H and O–H groups in total. The summed E-state index contributed by atoms with van der Waals surface area (Å²) in [6.45, 7) is 21.5. The lowest BCUT2D eigenvalue weighted by Crippen LogP contribution is -2.41. The van der Waals surface area contributed by atoms with Crippen LogP contribution in [0.25, 0.3) is 65.7 Å². The second kappa shape index (κ2) is 15.8. The van der Waals surface area contributed by atoms with Gasteiger partial charge in [-0.05, 0) is 192 Å². The zero-order chi connectivity index (χ0) is 48.5. The first-order valence-electron chi connectivity index (χ1n) is 24.8. The fourth-order valence-corrected chi connectivity index (χ4v) is 11.1. The van der Waals surface area contributed by atoms with Crippen LogP contribution in [0.15, 0.2) is 176 Å². The summed E-state index contributed by atoms with van der Waals surface area (Å²) in [5, 5.41) is 7.52. The largest absolute Gasteiger partial charge is 0.494 e. The Morgan fingerprint density at radius 3 is 1.19 bits per heavy atom. The molecule has 0 bridgehead atoms. The first-order valence-corrected chi connectivity index (χ1v) is 24.8. The zero-order valence-corrected chi connectivity index (χ0v) is 42.0. The number of fused-ring (bicyclic) bond motifs is 6. The van der Waals surface area contributed by atoms with Crippen molar-refractivity contribution >= 4 is 74.5 Å². The van der Waals surface area contributed by atoms with Crippen molar-refractivity contribution < 1.29 is 18.6 Å². The maximum absolute atomic E-state index is 6.47. The summed E-state index contributed by atoms with van der Waals surface area (Å²) in [5.41, 5.74) is 13.3. The van der Waals surface area contributed by atoms with E-state index in [2.05, 4.69) is 250 Å². The van der Waals surface area contributed by atoms with Crippen molar-refractivity contribution in [2.24, 2.45) is 0 Å². The molecule has 7 heteroatoms. The Hall–Kier alpha value is -6.47. The van der Waals surface area contributed by atoms with E-state index in [4.69, 9.17) is 18.6 Å². The first kappa shape index (κ1) is 44.7. The minimum atomic E-state index is -0.450. The van der Waals surface area contributed by atoms with Crippen LogP contribution in [0.3, 0.4) is 0 Å². The number of rotatable bonds is 7. The lowest BCUT2D eigenvalue weighted by atomic mass is 9.79. The van der Waals surface area contributed by atoms with E-state index < -0.39 is 36.6 Å². The normalized spacial score (nSPS) is 18.1. The van der Waals surface area contributed by atoms with E-state index in [-0.39, 0.29) is 5.41 Å². The molecule has 3 aliphatic rings. The van der Waals surface area contributed by atoms with Gasteiger partial charge in [0.15, 0.2) is 0 Å². The van der Waals surface area contributed by atoms with Gasteiger partial charge in [-0.15, -0.1) is 0 Å². The summed E-state index contributed by atoms with van der Waals surface area (Å²) in [7, 11) is -0.899. The smallest absolute Gasteiger partial charge is 0.399 e. The van der Waals surface area contributed by atoms with Crippen molar-refractivity contribution in [1.82, 2.24) is 0 Å². The Kier molecular flexibility index (Phi) is 10.1. The Bertz CT molecular complexity index is 3390. The van der Waals surface area contributed by atoms with E-state index in [1.165, 1.54) is 76.8 Å². The average Bonchev–Trinajstić information content (AvgIpc) is 3.82. The van der Waals surface area contributed by atoms with Gasteiger partial charge in [-0.3, -0.25) is 0 Å². The molecule has 0 saturated carbocycles. The van der Waals surface area contributed by atoms with Crippen LogP contribution < -0.4 is 15.8 Å². The lowest BCUT2D eigenvalue weighted by Gasteiger charge is -2.32. The van der Waals surface area contributed by atoms with Gasteiger partial charge in [0, 0.05) is 22.5 Å². The predicted octanol–water partition coefficient (Wildman–Crippen LogP) is 14.9. The SMILES string of the molecule is CC1(C)c2cc(-c3c4ccccc4c(-c4ccc5ccccc5c4)c4ccccc34)ccc2-c2ccc(N(c3ccc(B4OC(C)(C)C(C)(C)O4)cc3)c3ccc(B4OC(C)(C)C(C)(C)O4)cc3)cc21. The molecule has 0 radical (unpaired) electrons. The van der Waals surface area contributed by atoms with Gasteiger partial charge in [0.2, 0.25) is 0 Å². The van der Waals surface area contributed by atoms with Gasteiger partial charge in [0.25, 0.3) is 0 Å². The third kappa shape index (κ3) is 6.99. The zero-order valence-electron chi connectivity index (χ0n) is 42.0. The summed E-state index contributed by atoms with van der Waals surface area (Å²) in [6, 6.07) is 64.9. The van der Waals surface area contributed by atoms with E-state index in [0.29, 0.717) is 0 Å². The summed E-state index contributed by atoms with van der Waals surface area (Å²) >= 11 is 0. The second-order valence-electron chi connectivity index (χ2n) is 22.2. The molecule has 9 aromatic rings. The third-order valence-electron chi connectivity index (χ3n) is 16.5. The predicted molar refractivity (Wildman–Crippen MR) is 294 cm³/mol. The quantitative estimate of drug-likeness (QED) is 0.118. The molecule has 0 amide bonds. The van der Waals surface area contributed by atoms with E-state index in [1.54, 1.807) is 0 Å². The van der Waals surface area contributed by atoms with Crippen LogP contribution in [0.5, 0.6) is 0 Å². The number of hydrogen-bond acceptors (Lipinski definition) is 5. The van der Waals surface area contributed by atoms with Crippen molar-refractivity contribution in [2.75, 3.05) is 4.90 Å². The molecule has 1 aliphatic carbocycles. The van der Waals surface area contributed by atoms with Gasteiger partial charge < -0.3 is 23.5 Å². The van der Waals surface area contributed by atoms with Crippen LogP contribution in [0.2, 0.25) is 0 Å². The van der Waals surface area contributed by atoms with Gasteiger partial charge >= 0.3 is 14.2 Å². The fourth-order valence-electron chi connectivity index (χ4n) is 11.1. The third-order valence-corrected chi connectivity index (χ3v) is 16.5. The molecule has 0 unspecified atom stereocenters. The number of benzene rings is 9. The molecule has 70 heavy (non-hydrogen) atoms. The first-order chi connectivity index (χ1) is 33.4. The molecular formula is C63H59B2NO4. The average molecular weight is 916 g/mol. The molecule has 0 spiro atoms. The fraction of sp³-hybridized carbons (Fsp3) is 0.238. The molecule has 0 aromatic heterocycles. The number of hydrogen-bond donors (Lipinski definition) is 0. The molecule has 0 atom stereocenters. The lowest BCUT2D eigenvalue weighted by molar-refractivity contribution is 0.00578. The Morgan fingerprint density at radius 2 is 0.714 bits per heavy atom. The molecule has 2 aliphatic heterocycles. The standard InChI is InChI=1S/C63H59B2NO4/c1-59(2)55-38-43(58-53-21-15-13-19-51(53)57(52-20-14-16-22-54(52)58)42-24-23-40-17-11-12-18-41(40)37-42)25-35-49(55)50-36-34-48(39-56(50)59)66(46-30-26-44(27-31-46)64-67-60(3,4)61(5,6)68-64)47-32-28-45(29-33-47)65-69-62(7,8)63(9,10)70-65/h11-39H,1-10H3. The Balaban J connectivity index is 0.944. The molecule has 5 nitrogen and oxygen atoms in total. The van der Waals surface area contributed by atoms with Gasteiger partial charge in [-0.2, -0.15) is 0 Å². The highest BCUT2D eigenvalue weighted by molar-refractivity contribution is 6.62. The molecule has 2 saturated heterocycles. The van der Waals surface area contributed by atoms with Gasteiger partial charge in [0.05, 0.1) is 22.4 Å². The highest BCUT2D eigenvalue weighted by Crippen LogP contribution is 2.53. The van der Waals surface area contributed by atoms with Gasteiger partial charge in [0.1, 0.15) is 0 Å². The van der Waals surface area contributed by atoms with Crippen molar-refractivity contribution in [3.63, 3.8) is 0 Å². The van der Waals surface area contributed by atoms with E-state index in [0.717, 1.165) is 28.0 Å². The van der Waals surface area contributed by atoms with Crippen molar-refractivity contribution in [3.05, 3.63) is 187 Å². The summed E-state index contributed by atoms with van der Waals surface area (Å²) in [6.07, 6.45) is 0. The van der Waals surface area contributed by atoms with E-state index in [9.17, 15) is 0 Å². The highest BCUT2D eigenvalue weighted by Gasteiger charge is 2.53. The van der Waals surface area contributed by atoms with Crippen molar-refractivity contribution in [2.45, 2.75) is 97.1 Å². The van der Waals surface area contributed by atoms with E-state index >= 15 is 0 Å². The maximum atomic E-state index is 6.47. The van der Waals surface area contributed by atoms with E-state index in [1.807, 2.05) is 0 Å². The molecular weight excluding hydrogens is 856 g/mol. The highest BCUT2D eigenvalue weighted by atomic mass is 16.7. The van der Waals surface area contributed by atoms with Crippen molar-refractivity contribution in [3.8, 4) is 33.4 Å². The van der Waals surface area contributed by atoms with Crippen molar-refractivity contribution in [1.29, 1.82) is 0 Å². The summed E-state index contributed by atoms with van der Waals surface area (Å²) in [5.74, 6) is 0. The molecule has 9 aromatic carbocycles. The van der Waals surface area contributed by atoms with Crippen LogP contribution in [-0.2, 0) is 24.0 Å². The van der Waals surface area contributed by atoms with Crippen LogP contribution in [-0.4, -0.2) is 36.6 Å². The van der Waals surface area contributed by atoms with Crippen LogP contribution in [0.1, 0.15) is 80.4 Å². The molecule has 346 valence electrons. The Morgan fingerprint density at radius 1 is 0.343 bits per heavy atom. The maximum Gasteiger partial charge on any atom is 0.494 e. The molecule has 2 fully saturated rings. The van der Waals surface area contributed by atoms with Crippen LogP contribution >= 0.6 is 0 Å². The summed E-state index contributed by atoms with van der Waals surface area (Å²) in [4.78, 5) is 2.35. The topological polar surface area (TPSA) is 40.2 Å². The van der Waals surface area contributed by atoms with Gasteiger partial charge in [-0.1, -0.05) is 141 Å². The Labute approximate surface area is 413 Å². The van der Waals surface area contributed by atoms with Crippen LogP contribution in [0, 0.1) is 0 Å². The monoisotopic (exact) mass is 915 g/mol. The second-order valence-corrected chi connectivity index (χ2v) is 22.2. The minimum Gasteiger partial charge on any atom is -0.399 e. The van der Waals surface area contributed by atoms with Gasteiger partial charge in [-0.25, -0.2) is 0 Å². The molecule has 2 heterocycles. The molecule has 12 rings (SSSR count).